The van der Waals surface area contributed by atoms with Gasteiger partial charge in [0.15, 0.2) is 0 Å². The van der Waals surface area contributed by atoms with Crippen molar-refractivity contribution >= 4 is 79.9 Å². The Hall–Kier alpha value is -0.110. The molecule has 2 rings (SSSR count). The number of nitrogens with one attached hydrogen (secondary N) is 1. The summed E-state index contributed by atoms with van der Waals surface area (Å²) in [5.74, 6) is 0. The number of halogens is 2. The lowest BCUT2D eigenvalue weighted by atomic mass is 10.3. The highest BCUT2D eigenvalue weighted by molar-refractivity contribution is 8.13. The van der Waals surface area contributed by atoms with Gasteiger partial charge < -0.3 is 5.73 Å². The Labute approximate surface area is 139 Å². The van der Waals surface area contributed by atoms with E-state index in [1.807, 2.05) is 23.1 Å². The zero-order valence-corrected chi connectivity index (χ0v) is 14.6. The number of thiocarbonyl (C=S) groups is 1. The Morgan fingerprint density at radius 3 is 1.95 bits per heavy atom. The lowest BCUT2D eigenvalue weighted by molar-refractivity contribution is 1.55. The number of nitrogens with two attached hydrogens (primary N) is 1. The minimum absolute atomic E-state index is 0.401. The maximum absolute atomic E-state index is 7.40. The van der Waals surface area contributed by atoms with Gasteiger partial charge in [-0.25, -0.2) is 0 Å². The molecule has 3 N–H and O–H groups in total. The van der Waals surface area contributed by atoms with Crippen LogP contribution in [0.15, 0.2) is 22.9 Å². The molecule has 0 unspecified atom stereocenters. The third-order valence-electron chi connectivity index (χ3n) is 1.89. The zero-order valence-electron chi connectivity index (χ0n) is 9.78. The fourth-order valence-electron chi connectivity index (χ4n) is 0.986. The molecule has 0 saturated carbocycles. The molecule has 2 heterocycles. The standard InChI is InChI=1S/C6H6ClNS2.C5H4ClNS2/c1-9-6(8)4-2-5(7)10-3-4;6-4-1-3(2-9-4)5(7)8/h2-3,8H,1H3;1-2H,(H2,7,8). The van der Waals surface area contributed by atoms with E-state index >= 15 is 0 Å². The molecule has 0 amide bonds. The van der Waals surface area contributed by atoms with Crippen molar-refractivity contribution in [1.82, 2.24) is 0 Å². The molecule has 8 heteroatoms. The first-order valence-electron chi connectivity index (χ1n) is 4.84. The molecule has 0 aliphatic carbocycles. The van der Waals surface area contributed by atoms with Crippen molar-refractivity contribution in [3.63, 3.8) is 0 Å². The van der Waals surface area contributed by atoms with Gasteiger partial charge in [-0.05, 0) is 18.4 Å². The second-order valence-electron chi connectivity index (χ2n) is 3.18. The van der Waals surface area contributed by atoms with Crippen LogP contribution >= 0.6 is 69.9 Å². The molecule has 0 saturated heterocycles. The van der Waals surface area contributed by atoms with Gasteiger partial charge in [0, 0.05) is 21.9 Å². The Balaban J connectivity index is 0.000000191. The maximum atomic E-state index is 7.40. The monoisotopic (exact) mass is 368 g/mol. The van der Waals surface area contributed by atoms with Gasteiger partial charge in [-0.2, -0.15) is 0 Å². The molecule has 0 atom stereocenters. The van der Waals surface area contributed by atoms with Crippen molar-refractivity contribution in [2.24, 2.45) is 5.73 Å². The van der Waals surface area contributed by atoms with E-state index in [0.717, 1.165) is 19.8 Å². The molecule has 0 fully saturated rings. The Morgan fingerprint density at radius 1 is 1.21 bits per heavy atom. The maximum Gasteiger partial charge on any atom is 0.104 e. The van der Waals surface area contributed by atoms with Gasteiger partial charge >= 0.3 is 0 Å². The molecule has 2 nitrogen and oxygen atoms in total. The summed E-state index contributed by atoms with van der Waals surface area (Å²) in [5.41, 5.74) is 7.07. The average molecular weight is 369 g/mol. The van der Waals surface area contributed by atoms with Crippen LogP contribution in [0.3, 0.4) is 0 Å². The summed E-state index contributed by atoms with van der Waals surface area (Å²) in [5, 5.41) is 11.7. The van der Waals surface area contributed by atoms with Crippen LogP contribution in [0.2, 0.25) is 8.67 Å². The van der Waals surface area contributed by atoms with Gasteiger partial charge in [0.1, 0.15) is 4.99 Å². The van der Waals surface area contributed by atoms with E-state index in [1.165, 1.54) is 34.4 Å². The summed E-state index contributed by atoms with van der Waals surface area (Å²) in [7, 11) is 0. The number of thiophene rings is 2. The first-order valence-corrected chi connectivity index (χ1v) is 8.99. The van der Waals surface area contributed by atoms with Gasteiger partial charge in [-0.3, -0.25) is 5.41 Å². The smallest absolute Gasteiger partial charge is 0.104 e. The predicted octanol–water partition coefficient (Wildman–Crippen LogP) is 5.13. The number of thioether (sulfide) groups is 1. The largest absolute Gasteiger partial charge is 0.389 e. The van der Waals surface area contributed by atoms with E-state index in [-0.39, 0.29) is 0 Å². The second-order valence-corrected chi connectivity index (χ2v) is 7.52. The topological polar surface area (TPSA) is 49.9 Å². The van der Waals surface area contributed by atoms with Gasteiger partial charge in [-0.1, -0.05) is 35.4 Å². The van der Waals surface area contributed by atoms with Crippen molar-refractivity contribution < 1.29 is 0 Å². The highest BCUT2D eigenvalue weighted by atomic mass is 35.5. The van der Waals surface area contributed by atoms with Gasteiger partial charge in [0.25, 0.3) is 0 Å². The van der Waals surface area contributed by atoms with Crippen LogP contribution in [0, 0.1) is 5.41 Å². The van der Waals surface area contributed by atoms with Crippen LogP contribution < -0.4 is 5.73 Å². The minimum atomic E-state index is 0.401. The van der Waals surface area contributed by atoms with Crippen LogP contribution in [0.4, 0.5) is 0 Å². The van der Waals surface area contributed by atoms with Crippen molar-refractivity contribution in [3.05, 3.63) is 42.7 Å². The summed E-state index contributed by atoms with van der Waals surface area (Å²) in [4.78, 5) is 0.401. The number of hydrogen-bond acceptors (Lipinski definition) is 5. The molecule has 102 valence electrons. The number of hydrogen-bond donors (Lipinski definition) is 2. The molecular weight excluding hydrogens is 359 g/mol. The highest BCUT2D eigenvalue weighted by Gasteiger charge is 2.01. The van der Waals surface area contributed by atoms with E-state index < -0.39 is 0 Å². The Morgan fingerprint density at radius 2 is 1.68 bits per heavy atom. The molecule has 2 aromatic rings. The van der Waals surface area contributed by atoms with Crippen LogP contribution in [0.5, 0.6) is 0 Å². The molecular formula is C11H10Cl2N2S4. The number of rotatable bonds is 2. The third kappa shape index (κ3) is 5.81. The van der Waals surface area contributed by atoms with Crippen molar-refractivity contribution in [1.29, 1.82) is 5.41 Å². The summed E-state index contributed by atoms with van der Waals surface area (Å²) in [6.45, 7) is 0. The lowest BCUT2D eigenvalue weighted by Gasteiger charge is -1.91. The van der Waals surface area contributed by atoms with E-state index in [0.29, 0.717) is 10.0 Å². The zero-order chi connectivity index (χ0) is 14.4. The quantitative estimate of drug-likeness (QED) is 0.439. The third-order valence-corrected chi connectivity index (χ3v) is 4.95. The fourth-order valence-corrected chi connectivity index (χ4v) is 3.36. The van der Waals surface area contributed by atoms with Crippen molar-refractivity contribution in [3.8, 4) is 0 Å². The SMILES string of the molecule is CSC(=N)c1csc(Cl)c1.NC(=S)c1csc(Cl)c1. The summed E-state index contributed by atoms with van der Waals surface area (Å²) in [6, 6.07) is 3.57. The molecule has 0 aliphatic rings. The summed E-state index contributed by atoms with van der Waals surface area (Å²) < 4.78 is 1.46. The predicted molar refractivity (Wildman–Crippen MR) is 94.9 cm³/mol. The Kier molecular flexibility index (Phi) is 7.35. The van der Waals surface area contributed by atoms with Gasteiger partial charge in [-0.15, -0.1) is 34.4 Å². The van der Waals surface area contributed by atoms with Crippen LogP contribution in [0.1, 0.15) is 11.1 Å². The first-order chi connectivity index (χ1) is 8.93. The normalized spacial score (nSPS) is 9.63. The molecule has 19 heavy (non-hydrogen) atoms. The highest BCUT2D eigenvalue weighted by Crippen LogP contribution is 2.22. The van der Waals surface area contributed by atoms with Gasteiger partial charge in [0.05, 0.1) is 13.7 Å². The Bertz CT molecular complexity index is 577. The van der Waals surface area contributed by atoms with Gasteiger partial charge in [0.2, 0.25) is 0 Å². The molecule has 0 aromatic carbocycles. The van der Waals surface area contributed by atoms with Crippen LogP contribution in [-0.2, 0) is 0 Å². The molecule has 2 aromatic heterocycles. The minimum Gasteiger partial charge on any atom is -0.389 e. The molecule has 0 aliphatic heterocycles. The molecule has 0 bridgehead atoms. The molecule has 0 spiro atoms. The lowest BCUT2D eigenvalue weighted by Crippen LogP contribution is -2.07. The molecule has 0 radical (unpaired) electrons. The average Bonchev–Trinajstić information content (AvgIpc) is 2.98. The summed E-state index contributed by atoms with van der Waals surface area (Å²) in [6.07, 6.45) is 1.88. The van der Waals surface area contributed by atoms with E-state index in [9.17, 15) is 0 Å². The van der Waals surface area contributed by atoms with Crippen LogP contribution in [0.25, 0.3) is 0 Å². The van der Waals surface area contributed by atoms with Crippen LogP contribution in [-0.4, -0.2) is 16.3 Å². The van der Waals surface area contributed by atoms with Crippen molar-refractivity contribution in [2.45, 2.75) is 0 Å². The van der Waals surface area contributed by atoms with E-state index in [1.54, 1.807) is 6.07 Å². The summed E-state index contributed by atoms with van der Waals surface area (Å²) >= 11 is 20.3. The van der Waals surface area contributed by atoms with E-state index in [2.05, 4.69) is 0 Å². The first kappa shape index (κ1) is 16.9. The second kappa shape index (κ2) is 8.24. The van der Waals surface area contributed by atoms with Crippen molar-refractivity contribution in [2.75, 3.05) is 6.26 Å². The van der Waals surface area contributed by atoms with E-state index in [4.69, 9.17) is 46.6 Å². The fraction of sp³-hybridized carbons (Fsp3) is 0.0909.